The molecule has 22 heavy (non-hydrogen) atoms. The maximum Gasteiger partial charge on any atom is 0.153 e. The van der Waals surface area contributed by atoms with Crippen molar-refractivity contribution in [3.8, 4) is 0 Å². The monoisotopic (exact) mass is 325 g/mol. The van der Waals surface area contributed by atoms with E-state index in [1.54, 1.807) is 13.8 Å². The number of fused-ring (bicyclic) bond motifs is 1. The zero-order valence-corrected chi connectivity index (χ0v) is 14.3. The van der Waals surface area contributed by atoms with Crippen LogP contribution in [-0.2, 0) is 16.3 Å². The topological polar surface area (TPSA) is 57.6 Å². The van der Waals surface area contributed by atoms with Crippen LogP contribution in [-0.4, -0.2) is 49.1 Å². The fraction of sp³-hybridized carbons (Fsp3) is 0.647. The summed E-state index contributed by atoms with van der Waals surface area (Å²) in [5.41, 5.74) is 2.65. The maximum absolute atomic E-state index is 12.1. The van der Waals surface area contributed by atoms with Crippen LogP contribution in [0.1, 0.15) is 43.9 Å². The van der Waals surface area contributed by atoms with E-state index >= 15 is 0 Å². The van der Waals surface area contributed by atoms with Crippen LogP contribution in [0, 0.1) is 0 Å². The quantitative estimate of drug-likeness (QED) is 0.835. The number of hydrogen-bond donors (Lipinski definition) is 1. The van der Waals surface area contributed by atoms with E-state index in [9.17, 15) is 13.5 Å². The Morgan fingerprint density at radius 3 is 2.68 bits per heavy atom. The normalized spacial score (nSPS) is 18.7. The number of sulfone groups is 1. The zero-order valence-electron chi connectivity index (χ0n) is 13.5. The predicted molar refractivity (Wildman–Crippen MR) is 89.7 cm³/mol. The number of aliphatic hydroxyl groups excluding tert-OH is 1. The lowest BCUT2D eigenvalue weighted by molar-refractivity contribution is 0.145. The molecule has 0 radical (unpaired) electrons. The van der Waals surface area contributed by atoms with Gasteiger partial charge in [0.2, 0.25) is 0 Å². The fourth-order valence-corrected chi connectivity index (χ4v) is 4.10. The third-order valence-electron chi connectivity index (χ3n) is 4.55. The van der Waals surface area contributed by atoms with E-state index in [1.807, 2.05) is 6.07 Å². The maximum atomic E-state index is 12.1. The fourth-order valence-electron chi connectivity index (χ4n) is 3.14. The first-order valence-electron chi connectivity index (χ1n) is 8.10. The van der Waals surface area contributed by atoms with Crippen LogP contribution in [0.5, 0.6) is 0 Å². The molecule has 0 aromatic heterocycles. The largest absolute Gasteiger partial charge is 0.395 e. The number of rotatable bonds is 7. The molecule has 1 aromatic carbocycles. The van der Waals surface area contributed by atoms with Crippen LogP contribution < -0.4 is 0 Å². The van der Waals surface area contributed by atoms with Gasteiger partial charge in [-0.15, -0.1) is 0 Å². The molecule has 0 amide bonds. The summed E-state index contributed by atoms with van der Waals surface area (Å²) >= 11 is 0. The van der Waals surface area contributed by atoms with Crippen molar-refractivity contribution in [2.45, 2.75) is 44.4 Å². The van der Waals surface area contributed by atoms with Gasteiger partial charge in [-0.3, -0.25) is 4.90 Å². The van der Waals surface area contributed by atoms with E-state index in [2.05, 4.69) is 23.1 Å². The Hall–Kier alpha value is -0.910. The van der Waals surface area contributed by atoms with Crippen LogP contribution >= 0.6 is 0 Å². The highest BCUT2D eigenvalue weighted by atomic mass is 32.2. The van der Waals surface area contributed by atoms with Crippen molar-refractivity contribution in [3.05, 3.63) is 35.4 Å². The lowest BCUT2D eigenvalue weighted by Gasteiger charge is -2.35. The first-order chi connectivity index (χ1) is 10.5. The van der Waals surface area contributed by atoms with Crippen molar-refractivity contribution >= 4 is 9.84 Å². The molecule has 0 saturated carbocycles. The summed E-state index contributed by atoms with van der Waals surface area (Å²) < 4.78 is 24.2. The van der Waals surface area contributed by atoms with Crippen molar-refractivity contribution in [2.24, 2.45) is 0 Å². The van der Waals surface area contributed by atoms with Gasteiger partial charge in [0.25, 0.3) is 0 Å². The third-order valence-corrected chi connectivity index (χ3v) is 6.74. The van der Waals surface area contributed by atoms with Crippen LogP contribution in [0.25, 0.3) is 0 Å². The Bertz CT molecular complexity index is 583. The minimum absolute atomic E-state index is 0.0559. The average molecular weight is 325 g/mol. The average Bonchev–Trinajstić information content (AvgIpc) is 2.51. The highest BCUT2D eigenvalue weighted by Gasteiger charge is 2.27. The number of aliphatic hydroxyl groups is 1. The third kappa shape index (κ3) is 4.09. The van der Waals surface area contributed by atoms with Crippen molar-refractivity contribution in [1.29, 1.82) is 0 Å². The van der Waals surface area contributed by atoms with Crippen molar-refractivity contribution < 1.29 is 13.5 Å². The van der Waals surface area contributed by atoms with Crippen molar-refractivity contribution in [3.63, 3.8) is 0 Å². The molecule has 1 aliphatic carbocycles. The lowest BCUT2D eigenvalue weighted by atomic mass is 9.87. The van der Waals surface area contributed by atoms with Crippen LogP contribution in [0.15, 0.2) is 24.3 Å². The van der Waals surface area contributed by atoms with Crippen LogP contribution in [0.2, 0.25) is 0 Å². The Morgan fingerprint density at radius 2 is 2.00 bits per heavy atom. The zero-order chi connectivity index (χ0) is 16.2. The minimum atomic E-state index is -3.05. The molecule has 4 nitrogen and oxygen atoms in total. The van der Waals surface area contributed by atoms with Gasteiger partial charge in [-0.25, -0.2) is 8.42 Å². The number of aryl methyl sites for hydroxylation is 1. The molecule has 2 rings (SSSR count). The molecule has 0 heterocycles. The molecule has 0 saturated heterocycles. The van der Waals surface area contributed by atoms with Gasteiger partial charge >= 0.3 is 0 Å². The molecule has 1 aliphatic rings. The molecule has 1 unspecified atom stereocenters. The standard InChI is InChI=1S/C17H27NO3S/c1-14(2)22(20,21)13-11-18(10-12-19)17-9-5-7-15-6-3-4-8-16(15)17/h3-4,6,8,14,17,19H,5,7,9-13H2,1-2H3. The van der Waals surface area contributed by atoms with Gasteiger partial charge in [0.1, 0.15) is 0 Å². The minimum Gasteiger partial charge on any atom is -0.395 e. The molecule has 0 bridgehead atoms. The highest BCUT2D eigenvalue weighted by molar-refractivity contribution is 7.92. The Kier molecular flexibility index (Phi) is 6.01. The smallest absolute Gasteiger partial charge is 0.153 e. The number of benzene rings is 1. The van der Waals surface area contributed by atoms with Crippen LogP contribution in [0.3, 0.4) is 0 Å². The second kappa shape index (κ2) is 7.57. The molecule has 0 fully saturated rings. The first-order valence-corrected chi connectivity index (χ1v) is 9.81. The lowest BCUT2D eigenvalue weighted by Crippen LogP contribution is -2.38. The van der Waals surface area contributed by atoms with E-state index in [0.717, 1.165) is 19.3 Å². The summed E-state index contributed by atoms with van der Waals surface area (Å²) in [6.45, 7) is 4.51. The molecule has 124 valence electrons. The summed E-state index contributed by atoms with van der Waals surface area (Å²) in [7, 11) is -3.05. The van der Waals surface area contributed by atoms with Gasteiger partial charge in [-0.05, 0) is 44.2 Å². The summed E-state index contributed by atoms with van der Waals surface area (Å²) in [5.74, 6) is 0.156. The van der Waals surface area contributed by atoms with Gasteiger partial charge in [0.15, 0.2) is 9.84 Å². The highest BCUT2D eigenvalue weighted by Crippen LogP contribution is 2.34. The van der Waals surface area contributed by atoms with E-state index < -0.39 is 9.84 Å². The molecule has 1 atom stereocenters. The SMILES string of the molecule is CC(C)S(=O)(=O)CCN(CCO)C1CCCc2ccccc21. The number of nitrogens with zero attached hydrogens (tertiary/aromatic N) is 1. The molecular weight excluding hydrogens is 298 g/mol. The second-order valence-corrected chi connectivity index (χ2v) is 8.96. The van der Waals surface area contributed by atoms with Gasteiger partial charge in [0.05, 0.1) is 17.6 Å². The molecule has 1 N–H and O–H groups in total. The Balaban J connectivity index is 2.15. The second-order valence-electron chi connectivity index (χ2n) is 6.28. The molecule has 1 aromatic rings. The molecular formula is C17H27NO3S. The Labute approximate surface area is 134 Å². The number of hydrogen-bond acceptors (Lipinski definition) is 4. The van der Waals surface area contributed by atoms with Crippen LogP contribution in [0.4, 0.5) is 0 Å². The van der Waals surface area contributed by atoms with Crippen molar-refractivity contribution in [2.75, 3.05) is 25.4 Å². The van der Waals surface area contributed by atoms with Crippen molar-refractivity contribution in [1.82, 2.24) is 4.90 Å². The summed E-state index contributed by atoms with van der Waals surface area (Å²) in [6.07, 6.45) is 3.23. The predicted octanol–water partition coefficient (Wildman–Crippen LogP) is 2.18. The van der Waals surface area contributed by atoms with E-state index in [0.29, 0.717) is 13.1 Å². The summed E-state index contributed by atoms with van der Waals surface area (Å²) in [4.78, 5) is 2.14. The van der Waals surface area contributed by atoms with E-state index in [1.165, 1.54) is 11.1 Å². The van der Waals surface area contributed by atoms with Gasteiger partial charge < -0.3 is 5.11 Å². The van der Waals surface area contributed by atoms with E-state index in [-0.39, 0.29) is 23.7 Å². The molecule has 0 aliphatic heterocycles. The Morgan fingerprint density at radius 1 is 1.27 bits per heavy atom. The summed E-state index contributed by atoms with van der Waals surface area (Å²) in [5, 5.41) is 9.02. The summed E-state index contributed by atoms with van der Waals surface area (Å²) in [6, 6.07) is 8.61. The first kappa shape index (κ1) is 17.4. The van der Waals surface area contributed by atoms with Gasteiger partial charge in [-0.2, -0.15) is 0 Å². The molecule has 0 spiro atoms. The van der Waals surface area contributed by atoms with Gasteiger partial charge in [-0.1, -0.05) is 24.3 Å². The van der Waals surface area contributed by atoms with E-state index in [4.69, 9.17) is 0 Å². The molecule has 5 heteroatoms. The van der Waals surface area contributed by atoms with Gasteiger partial charge in [0, 0.05) is 19.1 Å².